The minimum absolute atomic E-state index is 0.00921. The van der Waals surface area contributed by atoms with Crippen molar-refractivity contribution >= 4 is 27.4 Å². The van der Waals surface area contributed by atoms with Gasteiger partial charge in [0.15, 0.2) is 0 Å². The van der Waals surface area contributed by atoms with E-state index in [1.807, 2.05) is 6.92 Å². The fourth-order valence-corrected chi connectivity index (χ4v) is 3.83. The highest BCUT2D eigenvalue weighted by molar-refractivity contribution is 7.89. The molecule has 1 aliphatic rings. The number of piperidine rings is 1. The zero-order chi connectivity index (χ0) is 14.6. The van der Waals surface area contributed by atoms with Gasteiger partial charge >= 0.3 is 0 Å². The van der Waals surface area contributed by atoms with E-state index in [-0.39, 0.29) is 11.8 Å². The molecule has 0 atom stereocenters. The van der Waals surface area contributed by atoms with Gasteiger partial charge in [-0.25, -0.2) is 18.1 Å². The van der Waals surface area contributed by atoms with Gasteiger partial charge in [-0.2, -0.15) is 0 Å². The van der Waals surface area contributed by atoms with E-state index in [4.69, 9.17) is 11.6 Å². The van der Waals surface area contributed by atoms with Crippen molar-refractivity contribution in [2.24, 2.45) is 0 Å². The summed E-state index contributed by atoms with van der Waals surface area (Å²) < 4.78 is 26.2. The lowest BCUT2D eigenvalue weighted by Crippen LogP contribution is -2.45. The number of hydrogen-bond donors (Lipinski definition) is 1. The summed E-state index contributed by atoms with van der Waals surface area (Å²) in [5.41, 5.74) is 0. The molecule has 0 spiro atoms. The Morgan fingerprint density at radius 3 is 2.70 bits per heavy atom. The fraction of sp³-hybridized carbons (Fsp3) is 0.667. The van der Waals surface area contributed by atoms with Gasteiger partial charge in [-0.15, -0.1) is 0 Å². The first-order chi connectivity index (χ1) is 9.50. The Balaban J connectivity index is 1.90. The molecule has 8 heteroatoms. The first-order valence-corrected chi connectivity index (χ1v) is 8.75. The van der Waals surface area contributed by atoms with Crippen LogP contribution in [-0.4, -0.2) is 43.3 Å². The molecule has 0 saturated carbocycles. The molecule has 2 rings (SSSR count). The number of nitrogens with zero attached hydrogens (tertiary/aromatic N) is 3. The molecule has 0 unspecified atom stereocenters. The van der Waals surface area contributed by atoms with Gasteiger partial charge in [-0.3, -0.25) is 4.98 Å². The molecular weight excluding hydrogens is 300 g/mol. The van der Waals surface area contributed by atoms with Crippen molar-refractivity contribution in [3.8, 4) is 0 Å². The lowest BCUT2D eigenvalue weighted by Gasteiger charge is -2.32. The molecule has 20 heavy (non-hydrogen) atoms. The molecule has 112 valence electrons. The van der Waals surface area contributed by atoms with Crippen molar-refractivity contribution < 1.29 is 8.42 Å². The summed E-state index contributed by atoms with van der Waals surface area (Å²) in [5, 5.41) is 0.369. The number of anilines is 1. The van der Waals surface area contributed by atoms with Crippen LogP contribution in [0.5, 0.6) is 0 Å². The van der Waals surface area contributed by atoms with E-state index in [0.717, 1.165) is 31.7 Å². The molecule has 1 aromatic rings. The summed E-state index contributed by atoms with van der Waals surface area (Å²) in [6, 6.07) is 0.00921. The van der Waals surface area contributed by atoms with Crippen LogP contribution in [0.2, 0.25) is 5.15 Å². The van der Waals surface area contributed by atoms with E-state index in [1.54, 1.807) is 6.20 Å². The van der Waals surface area contributed by atoms with E-state index in [9.17, 15) is 8.42 Å². The standard InChI is InChI=1S/C12H19ClN4O2S/c1-2-7-20(18,19)16-10-3-5-17(6-4-10)12-9-14-8-11(13)15-12/h8-10,16H,2-7H2,1H3. The first kappa shape index (κ1) is 15.5. The van der Waals surface area contributed by atoms with Gasteiger partial charge in [0, 0.05) is 19.1 Å². The average Bonchev–Trinajstić information content (AvgIpc) is 2.39. The maximum atomic E-state index is 11.7. The van der Waals surface area contributed by atoms with E-state index >= 15 is 0 Å². The highest BCUT2D eigenvalue weighted by Crippen LogP contribution is 2.19. The minimum atomic E-state index is -3.14. The van der Waals surface area contributed by atoms with Gasteiger partial charge in [0.1, 0.15) is 11.0 Å². The molecule has 1 aromatic heterocycles. The molecule has 0 aliphatic carbocycles. The summed E-state index contributed by atoms with van der Waals surface area (Å²) in [5.74, 6) is 0.930. The third kappa shape index (κ3) is 4.29. The topological polar surface area (TPSA) is 75.2 Å². The largest absolute Gasteiger partial charge is 0.355 e. The van der Waals surface area contributed by atoms with E-state index in [0.29, 0.717) is 11.6 Å². The van der Waals surface area contributed by atoms with Crippen LogP contribution in [0.3, 0.4) is 0 Å². The Labute approximate surface area is 124 Å². The van der Waals surface area contributed by atoms with Crippen LogP contribution in [0.15, 0.2) is 12.4 Å². The number of rotatable bonds is 5. The first-order valence-electron chi connectivity index (χ1n) is 6.72. The summed E-state index contributed by atoms with van der Waals surface area (Å²) >= 11 is 5.82. The summed E-state index contributed by atoms with van der Waals surface area (Å²) in [4.78, 5) is 10.3. The highest BCUT2D eigenvalue weighted by atomic mass is 35.5. The molecule has 1 fully saturated rings. The molecule has 2 heterocycles. The van der Waals surface area contributed by atoms with Crippen LogP contribution in [-0.2, 0) is 10.0 Å². The minimum Gasteiger partial charge on any atom is -0.355 e. The lowest BCUT2D eigenvalue weighted by molar-refractivity contribution is 0.458. The summed E-state index contributed by atoms with van der Waals surface area (Å²) in [7, 11) is -3.14. The highest BCUT2D eigenvalue weighted by Gasteiger charge is 2.23. The molecule has 1 saturated heterocycles. The Bertz CT molecular complexity index is 544. The molecule has 0 radical (unpaired) electrons. The number of sulfonamides is 1. The predicted molar refractivity (Wildman–Crippen MR) is 79.5 cm³/mol. The zero-order valence-corrected chi connectivity index (χ0v) is 13.0. The van der Waals surface area contributed by atoms with E-state index < -0.39 is 10.0 Å². The average molecular weight is 319 g/mol. The van der Waals surface area contributed by atoms with Crippen molar-refractivity contribution in [1.29, 1.82) is 0 Å². The smallest absolute Gasteiger partial charge is 0.211 e. The molecule has 0 aromatic carbocycles. The Hall–Kier alpha value is -0.920. The van der Waals surface area contributed by atoms with Crippen molar-refractivity contribution in [1.82, 2.24) is 14.7 Å². The number of hydrogen-bond acceptors (Lipinski definition) is 5. The van der Waals surface area contributed by atoms with Crippen LogP contribution in [0, 0.1) is 0 Å². The number of nitrogens with one attached hydrogen (secondary N) is 1. The number of halogens is 1. The molecule has 6 nitrogen and oxygen atoms in total. The van der Waals surface area contributed by atoms with Crippen LogP contribution in [0.1, 0.15) is 26.2 Å². The third-order valence-electron chi connectivity index (χ3n) is 3.23. The van der Waals surface area contributed by atoms with Crippen molar-refractivity contribution in [2.75, 3.05) is 23.7 Å². The van der Waals surface area contributed by atoms with Crippen LogP contribution < -0.4 is 9.62 Å². The molecule has 0 amide bonds. The molecule has 1 aliphatic heterocycles. The Morgan fingerprint density at radius 1 is 1.40 bits per heavy atom. The van der Waals surface area contributed by atoms with Crippen molar-refractivity contribution in [2.45, 2.75) is 32.2 Å². The third-order valence-corrected chi connectivity index (χ3v) is 5.05. The van der Waals surface area contributed by atoms with Gasteiger partial charge in [0.25, 0.3) is 0 Å². The maximum absolute atomic E-state index is 11.7. The summed E-state index contributed by atoms with van der Waals surface area (Å²) in [6.07, 6.45) is 5.32. The van der Waals surface area contributed by atoms with Gasteiger partial charge in [-0.05, 0) is 19.3 Å². The summed E-state index contributed by atoms with van der Waals surface area (Å²) in [6.45, 7) is 3.35. The van der Waals surface area contributed by atoms with Crippen LogP contribution in [0.4, 0.5) is 5.82 Å². The zero-order valence-electron chi connectivity index (χ0n) is 11.4. The van der Waals surface area contributed by atoms with Crippen molar-refractivity contribution in [3.05, 3.63) is 17.5 Å². The van der Waals surface area contributed by atoms with E-state index in [2.05, 4.69) is 19.6 Å². The second-order valence-electron chi connectivity index (χ2n) is 4.90. The fourth-order valence-electron chi connectivity index (χ4n) is 2.29. The Kier molecular flexibility index (Phi) is 5.17. The normalized spacial score (nSPS) is 17.4. The SMILES string of the molecule is CCCS(=O)(=O)NC1CCN(c2cncc(Cl)n2)CC1. The van der Waals surface area contributed by atoms with Crippen molar-refractivity contribution in [3.63, 3.8) is 0 Å². The van der Waals surface area contributed by atoms with Gasteiger partial charge in [0.05, 0.1) is 18.1 Å². The van der Waals surface area contributed by atoms with Gasteiger partial charge in [-0.1, -0.05) is 18.5 Å². The van der Waals surface area contributed by atoms with E-state index in [1.165, 1.54) is 6.20 Å². The second kappa shape index (κ2) is 6.69. The molecular formula is C12H19ClN4O2S. The lowest BCUT2D eigenvalue weighted by atomic mass is 10.1. The number of aromatic nitrogens is 2. The van der Waals surface area contributed by atoms with Crippen LogP contribution in [0.25, 0.3) is 0 Å². The Morgan fingerprint density at radius 2 is 2.10 bits per heavy atom. The van der Waals surface area contributed by atoms with Gasteiger partial charge in [0.2, 0.25) is 10.0 Å². The quantitative estimate of drug-likeness (QED) is 0.889. The monoisotopic (exact) mass is 318 g/mol. The predicted octanol–water partition coefficient (Wildman–Crippen LogP) is 1.43. The molecule has 1 N–H and O–H groups in total. The second-order valence-corrected chi connectivity index (χ2v) is 7.16. The molecule has 0 bridgehead atoms. The maximum Gasteiger partial charge on any atom is 0.211 e. The van der Waals surface area contributed by atoms with Crippen LogP contribution >= 0.6 is 11.6 Å². The van der Waals surface area contributed by atoms with Gasteiger partial charge < -0.3 is 4.90 Å².